The van der Waals surface area contributed by atoms with Crippen LogP contribution in [0.1, 0.15) is 28.7 Å². The van der Waals surface area contributed by atoms with E-state index in [0.717, 1.165) is 5.69 Å². The molecule has 1 heterocycles. The minimum absolute atomic E-state index is 0.0251. The first-order valence-electron chi connectivity index (χ1n) is 4.60. The number of hydrogen-bond donors (Lipinski definition) is 1. The van der Waals surface area contributed by atoms with Crippen LogP contribution in [0.2, 0.25) is 0 Å². The summed E-state index contributed by atoms with van der Waals surface area (Å²) in [5.41, 5.74) is 0.772. The lowest BCUT2D eigenvalue weighted by atomic mass is 10.0. The lowest BCUT2D eigenvalue weighted by Crippen LogP contribution is -2.29. The summed E-state index contributed by atoms with van der Waals surface area (Å²) >= 11 is 7.91. The molecule has 2 rings (SSSR count). The largest absolute Gasteiger partial charge is 0.302 e. The van der Waals surface area contributed by atoms with Gasteiger partial charge in [-0.3, -0.25) is 9.59 Å². The topological polar surface area (TPSA) is 59.1 Å². The molecule has 7 heteroatoms. The second-order valence-electron chi connectivity index (χ2n) is 3.51. The number of nitrogens with zero attached hydrogens (tertiary/aromatic N) is 1. The number of aryl methyl sites for hydroxylation is 1. The zero-order chi connectivity index (χ0) is 11.9. The molecule has 0 radical (unpaired) electrons. The summed E-state index contributed by atoms with van der Waals surface area (Å²) in [6.45, 7) is 1.42. The van der Waals surface area contributed by atoms with Gasteiger partial charge in [0.05, 0.1) is 10.6 Å². The number of rotatable bonds is 1. The predicted molar refractivity (Wildman–Crippen MR) is 69.7 cm³/mol. The van der Waals surface area contributed by atoms with Gasteiger partial charge in [0, 0.05) is 6.92 Å². The molecule has 4 nitrogen and oxygen atoms in total. The molecule has 0 atom stereocenters. The Hall–Kier alpha value is -0.270. The third-order valence-corrected chi connectivity index (χ3v) is 4.72. The normalized spacial score (nSPS) is 18.1. The quantitative estimate of drug-likeness (QED) is 0.776. The second kappa shape index (κ2) is 4.19. The van der Waals surface area contributed by atoms with Crippen LogP contribution in [0.5, 0.6) is 0 Å². The van der Waals surface area contributed by atoms with Gasteiger partial charge in [0.25, 0.3) is 0 Å². The van der Waals surface area contributed by atoms with Gasteiger partial charge in [0.15, 0.2) is 5.13 Å². The van der Waals surface area contributed by atoms with E-state index in [4.69, 9.17) is 0 Å². The lowest BCUT2D eigenvalue weighted by molar-refractivity contribution is -0.114. The highest BCUT2D eigenvalue weighted by Gasteiger charge is 2.40. The minimum atomic E-state index is -0.674. The summed E-state index contributed by atoms with van der Waals surface area (Å²) in [7, 11) is 0. The fourth-order valence-corrected chi connectivity index (χ4v) is 3.59. The van der Waals surface area contributed by atoms with Crippen LogP contribution in [-0.4, -0.2) is 19.9 Å². The van der Waals surface area contributed by atoms with Crippen molar-refractivity contribution in [3.63, 3.8) is 0 Å². The van der Waals surface area contributed by atoms with E-state index in [1.165, 1.54) is 18.3 Å². The molecule has 1 aliphatic rings. The summed E-state index contributed by atoms with van der Waals surface area (Å²) in [6.07, 6.45) is 1.37. The van der Waals surface area contributed by atoms with Gasteiger partial charge in [-0.15, -0.1) is 0 Å². The van der Waals surface area contributed by atoms with Crippen molar-refractivity contribution in [2.45, 2.75) is 23.0 Å². The van der Waals surface area contributed by atoms with Crippen LogP contribution >= 0.6 is 43.2 Å². The van der Waals surface area contributed by atoms with Crippen LogP contribution in [-0.2, 0) is 11.2 Å². The first-order valence-corrected chi connectivity index (χ1v) is 7.00. The Kier molecular flexibility index (Phi) is 3.20. The minimum Gasteiger partial charge on any atom is -0.302 e. The maximum atomic E-state index is 12.0. The number of carbonyl (C=O) groups is 2. The Bertz CT molecular complexity index is 470. The molecule has 1 aromatic heterocycles. The van der Waals surface area contributed by atoms with Gasteiger partial charge in [0.1, 0.15) is 3.23 Å². The third kappa shape index (κ3) is 2.21. The number of nitrogens with one attached hydrogen (secondary N) is 1. The molecule has 16 heavy (non-hydrogen) atoms. The maximum Gasteiger partial charge on any atom is 0.223 e. The van der Waals surface area contributed by atoms with Crippen molar-refractivity contribution in [3.8, 4) is 0 Å². The molecule has 1 aromatic rings. The standard InChI is InChI=1S/C9H8Br2N2O2S/c1-4(14)12-8-13-5-2-3-9(10,11)7(15)6(5)16-8/h2-3H2,1H3,(H,12,13,14). The number of aromatic nitrogens is 1. The molecular weight excluding hydrogens is 360 g/mol. The maximum absolute atomic E-state index is 12.0. The number of hydrogen-bond acceptors (Lipinski definition) is 4. The zero-order valence-corrected chi connectivity index (χ0v) is 12.3. The molecule has 0 saturated heterocycles. The van der Waals surface area contributed by atoms with Gasteiger partial charge < -0.3 is 5.32 Å². The molecule has 1 N–H and O–H groups in total. The predicted octanol–water partition coefficient (Wildman–Crippen LogP) is 2.72. The van der Waals surface area contributed by atoms with Gasteiger partial charge in [-0.2, -0.15) is 0 Å². The number of amides is 1. The highest BCUT2D eigenvalue weighted by atomic mass is 79.9. The summed E-state index contributed by atoms with van der Waals surface area (Å²) in [6, 6.07) is 0. The number of halogens is 2. The van der Waals surface area contributed by atoms with Crippen molar-refractivity contribution in [3.05, 3.63) is 10.6 Å². The number of carbonyl (C=O) groups excluding carboxylic acids is 2. The summed E-state index contributed by atoms with van der Waals surface area (Å²) < 4.78 is -0.674. The highest BCUT2D eigenvalue weighted by molar-refractivity contribution is 9.26. The summed E-state index contributed by atoms with van der Waals surface area (Å²) in [5.74, 6) is -0.203. The number of anilines is 1. The molecule has 0 unspecified atom stereocenters. The highest BCUT2D eigenvalue weighted by Crippen LogP contribution is 2.42. The van der Waals surface area contributed by atoms with E-state index in [-0.39, 0.29) is 11.7 Å². The third-order valence-electron chi connectivity index (χ3n) is 2.19. The number of fused-ring (bicyclic) bond motifs is 1. The van der Waals surface area contributed by atoms with Gasteiger partial charge in [-0.25, -0.2) is 4.98 Å². The van der Waals surface area contributed by atoms with Gasteiger partial charge >= 0.3 is 0 Å². The second-order valence-corrected chi connectivity index (χ2v) is 8.28. The molecule has 0 aromatic carbocycles. The van der Waals surface area contributed by atoms with Crippen molar-refractivity contribution in [1.82, 2.24) is 4.98 Å². The monoisotopic (exact) mass is 366 g/mol. The summed E-state index contributed by atoms with van der Waals surface area (Å²) in [4.78, 5) is 27.7. The van der Waals surface area contributed by atoms with Crippen LogP contribution in [0.15, 0.2) is 0 Å². The van der Waals surface area contributed by atoms with Gasteiger partial charge in [-0.1, -0.05) is 43.2 Å². The zero-order valence-electron chi connectivity index (χ0n) is 8.34. The number of thiazole rings is 1. The van der Waals surface area contributed by atoms with E-state index in [2.05, 4.69) is 42.2 Å². The van der Waals surface area contributed by atoms with Crippen molar-refractivity contribution < 1.29 is 9.59 Å². The number of Topliss-reactive ketones (excluding diaryl/α,β-unsaturated/α-hetero) is 1. The molecule has 1 aliphatic carbocycles. The molecular formula is C9H8Br2N2O2S. The average Bonchev–Trinajstić information content (AvgIpc) is 2.54. The van der Waals surface area contributed by atoms with Crippen LogP contribution < -0.4 is 5.32 Å². The van der Waals surface area contributed by atoms with Crippen LogP contribution in [0, 0.1) is 0 Å². The molecule has 0 spiro atoms. The Morgan fingerprint density at radius 2 is 2.25 bits per heavy atom. The van der Waals surface area contributed by atoms with Crippen LogP contribution in [0.3, 0.4) is 0 Å². The Morgan fingerprint density at radius 3 is 2.88 bits per heavy atom. The van der Waals surface area contributed by atoms with Gasteiger partial charge in [0.2, 0.25) is 11.7 Å². The fourth-order valence-electron chi connectivity index (χ4n) is 1.46. The van der Waals surface area contributed by atoms with E-state index in [1.54, 1.807) is 0 Å². The first-order chi connectivity index (χ1) is 7.40. The van der Waals surface area contributed by atoms with Crippen molar-refractivity contribution >= 4 is 60.0 Å². The van der Waals surface area contributed by atoms with Crippen LogP contribution in [0.4, 0.5) is 5.13 Å². The SMILES string of the molecule is CC(=O)Nc1nc2c(s1)C(=O)C(Br)(Br)CC2. The Labute approximate surface area is 113 Å². The summed E-state index contributed by atoms with van der Waals surface area (Å²) in [5, 5.41) is 3.08. The molecule has 0 bridgehead atoms. The molecule has 1 amide bonds. The molecule has 86 valence electrons. The van der Waals surface area contributed by atoms with E-state index in [0.29, 0.717) is 22.9 Å². The fraction of sp³-hybridized carbons (Fsp3) is 0.444. The van der Waals surface area contributed by atoms with Crippen LogP contribution in [0.25, 0.3) is 0 Å². The van der Waals surface area contributed by atoms with E-state index < -0.39 is 3.23 Å². The van der Waals surface area contributed by atoms with Crippen molar-refractivity contribution in [2.75, 3.05) is 5.32 Å². The average molecular weight is 368 g/mol. The number of alkyl halides is 2. The molecule has 0 aliphatic heterocycles. The van der Waals surface area contributed by atoms with E-state index in [1.807, 2.05) is 0 Å². The Morgan fingerprint density at radius 1 is 1.56 bits per heavy atom. The van der Waals surface area contributed by atoms with Gasteiger partial charge in [-0.05, 0) is 12.8 Å². The molecule has 0 fully saturated rings. The lowest BCUT2D eigenvalue weighted by Gasteiger charge is -2.22. The van der Waals surface area contributed by atoms with E-state index in [9.17, 15) is 9.59 Å². The van der Waals surface area contributed by atoms with E-state index >= 15 is 0 Å². The smallest absolute Gasteiger partial charge is 0.223 e. The molecule has 0 saturated carbocycles. The van der Waals surface area contributed by atoms with Crippen molar-refractivity contribution in [1.29, 1.82) is 0 Å². The number of ketones is 1. The Balaban J connectivity index is 2.35. The van der Waals surface area contributed by atoms with Crippen molar-refractivity contribution in [2.24, 2.45) is 0 Å². The first kappa shape index (κ1) is 12.2.